The molecule has 4 saturated carbocycles. The number of rotatable bonds is 6. The molecule has 4 bridgehead atoms. The van der Waals surface area contributed by atoms with E-state index in [0.29, 0.717) is 0 Å². The molecule has 0 heterocycles. The molecule has 0 aromatic carbocycles. The second-order valence-corrected chi connectivity index (χ2v) is 10.6. The minimum atomic E-state index is -3.29. The van der Waals surface area contributed by atoms with Crippen LogP contribution in [0, 0.1) is 23.2 Å². The molecule has 4 fully saturated rings. The van der Waals surface area contributed by atoms with Gasteiger partial charge in [-0.2, -0.15) is 0 Å². The summed E-state index contributed by atoms with van der Waals surface area (Å²) in [6, 6.07) is 0. The van der Waals surface area contributed by atoms with Crippen molar-refractivity contribution < 1.29 is 13.6 Å². The maximum Gasteiger partial charge on any atom is 0.348 e. The number of hydrogen-bond donors (Lipinski definition) is 1. The molecule has 1 unspecified atom stereocenters. The molecule has 4 rings (SSSR count). The van der Waals surface area contributed by atoms with Crippen LogP contribution >= 0.6 is 7.60 Å². The molecule has 0 aromatic rings. The fourth-order valence-corrected chi connectivity index (χ4v) is 8.09. The van der Waals surface area contributed by atoms with Gasteiger partial charge in [-0.1, -0.05) is 0 Å². The second-order valence-electron chi connectivity index (χ2n) is 8.57. The summed E-state index contributed by atoms with van der Waals surface area (Å²) < 4.78 is 25.1. The summed E-state index contributed by atoms with van der Waals surface area (Å²) in [5.41, 5.74) is 6.62. The lowest BCUT2D eigenvalue weighted by molar-refractivity contribution is -0.0596. The first-order valence-corrected chi connectivity index (χ1v) is 10.6. The van der Waals surface area contributed by atoms with Gasteiger partial charge in [0, 0.05) is 0 Å². The molecular weight excluding hydrogens is 297 g/mol. The monoisotopic (exact) mass is 329 g/mol. The van der Waals surface area contributed by atoms with E-state index in [9.17, 15) is 4.57 Å². The Bertz CT molecular complexity index is 414. The van der Waals surface area contributed by atoms with Gasteiger partial charge in [0.05, 0.1) is 12.2 Å². The molecule has 128 valence electrons. The minimum Gasteiger partial charge on any atom is -0.317 e. The van der Waals surface area contributed by atoms with Crippen molar-refractivity contribution in [1.29, 1.82) is 0 Å². The number of hydrogen-bond acceptors (Lipinski definition) is 4. The summed E-state index contributed by atoms with van der Waals surface area (Å²) >= 11 is 0. The van der Waals surface area contributed by atoms with Crippen molar-refractivity contribution in [3.8, 4) is 0 Å². The average Bonchev–Trinajstić information content (AvgIpc) is 2.33. The summed E-state index contributed by atoms with van der Waals surface area (Å²) in [4.78, 5) is 0. The summed E-state index contributed by atoms with van der Waals surface area (Å²) in [6.45, 7) is 7.62. The standard InChI is InChI=1S/C17H32NO3P/c1-11(2)20-22(19,21-12(3)4)16(18)17-8-13-5-14(9-17)7-15(6-13)10-17/h11-16H,5-10,18H2,1-4H3. The zero-order chi connectivity index (χ0) is 16.1. The van der Waals surface area contributed by atoms with E-state index in [2.05, 4.69) is 0 Å². The molecule has 4 aliphatic carbocycles. The van der Waals surface area contributed by atoms with E-state index in [0.717, 1.165) is 37.0 Å². The molecule has 4 nitrogen and oxygen atoms in total. The molecule has 1 atom stereocenters. The Morgan fingerprint density at radius 1 is 0.909 bits per heavy atom. The van der Waals surface area contributed by atoms with Crippen molar-refractivity contribution in [1.82, 2.24) is 0 Å². The van der Waals surface area contributed by atoms with Gasteiger partial charge in [0.2, 0.25) is 0 Å². The van der Waals surface area contributed by atoms with Gasteiger partial charge in [0.25, 0.3) is 0 Å². The normalized spacial score (nSPS) is 39.0. The maximum atomic E-state index is 13.5. The first-order valence-electron chi connectivity index (χ1n) is 8.94. The van der Waals surface area contributed by atoms with Gasteiger partial charge >= 0.3 is 7.60 Å². The van der Waals surface area contributed by atoms with Gasteiger partial charge in [-0.3, -0.25) is 4.57 Å². The van der Waals surface area contributed by atoms with Gasteiger partial charge in [-0.05, 0) is 89.4 Å². The zero-order valence-corrected chi connectivity index (χ0v) is 15.4. The topological polar surface area (TPSA) is 61.5 Å². The van der Waals surface area contributed by atoms with Crippen LogP contribution in [-0.2, 0) is 13.6 Å². The Balaban J connectivity index is 1.86. The smallest absolute Gasteiger partial charge is 0.317 e. The van der Waals surface area contributed by atoms with E-state index in [1.54, 1.807) is 0 Å². The predicted molar refractivity (Wildman–Crippen MR) is 88.6 cm³/mol. The summed E-state index contributed by atoms with van der Waals surface area (Å²) in [5, 5.41) is 0. The zero-order valence-electron chi connectivity index (χ0n) is 14.5. The lowest BCUT2D eigenvalue weighted by Crippen LogP contribution is -2.54. The van der Waals surface area contributed by atoms with Crippen LogP contribution in [0.2, 0.25) is 0 Å². The highest BCUT2D eigenvalue weighted by molar-refractivity contribution is 7.54. The highest BCUT2D eigenvalue weighted by Crippen LogP contribution is 2.68. The SMILES string of the molecule is CC(C)OP(=O)(OC(C)C)C(N)C12CC3CC(CC(C3)C1)C2. The fraction of sp³-hybridized carbons (Fsp3) is 1.00. The molecule has 0 aromatic heterocycles. The van der Waals surface area contributed by atoms with Crippen LogP contribution in [0.5, 0.6) is 0 Å². The van der Waals surface area contributed by atoms with Gasteiger partial charge in [-0.15, -0.1) is 0 Å². The highest BCUT2D eigenvalue weighted by Gasteiger charge is 2.58. The summed E-state index contributed by atoms with van der Waals surface area (Å²) in [5.74, 6) is 1.87. The third kappa shape index (κ3) is 3.05. The third-order valence-electron chi connectivity index (χ3n) is 5.77. The van der Waals surface area contributed by atoms with E-state index in [4.69, 9.17) is 14.8 Å². The molecular formula is C17H32NO3P. The molecule has 22 heavy (non-hydrogen) atoms. The van der Waals surface area contributed by atoms with Gasteiger partial charge in [0.15, 0.2) is 0 Å². The lowest BCUT2D eigenvalue weighted by atomic mass is 9.49. The molecule has 0 saturated heterocycles. The summed E-state index contributed by atoms with van der Waals surface area (Å²) in [7, 11) is -3.29. The quantitative estimate of drug-likeness (QED) is 0.727. The Morgan fingerprint density at radius 3 is 1.59 bits per heavy atom. The van der Waals surface area contributed by atoms with E-state index in [1.807, 2.05) is 27.7 Å². The van der Waals surface area contributed by atoms with Crippen molar-refractivity contribution in [3.63, 3.8) is 0 Å². The van der Waals surface area contributed by atoms with E-state index in [1.165, 1.54) is 19.3 Å². The van der Waals surface area contributed by atoms with E-state index in [-0.39, 0.29) is 17.6 Å². The van der Waals surface area contributed by atoms with Crippen molar-refractivity contribution in [2.24, 2.45) is 28.9 Å². The lowest BCUT2D eigenvalue weighted by Gasteiger charge is -2.59. The molecule has 0 spiro atoms. The van der Waals surface area contributed by atoms with Crippen LogP contribution in [0.25, 0.3) is 0 Å². The Hall–Kier alpha value is 0.110. The van der Waals surface area contributed by atoms with Crippen LogP contribution < -0.4 is 5.73 Å². The Morgan fingerprint density at radius 2 is 1.27 bits per heavy atom. The van der Waals surface area contributed by atoms with Crippen LogP contribution in [0.3, 0.4) is 0 Å². The maximum absolute atomic E-state index is 13.5. The highest BCUT2D eigenvalue weighted by atomic mass is 31.2. The Labute approximate surface area is 135 Å². The molecule has 0 amide bonds. The molecule has 4 aliphatic rings. The van der Waals surface area contributed by atoms with Gasteiger partial charge in [-0.25, -0.2) is 0 Å². The van der Waals surface area contributed by atoms with E-state index < -0.39 is 13.4 Å². The van der Waals surface area contributed by atoms with Crippen LogP contribution in [0.15, 0.2) is 0 Å². The Kier molecular flexibility index (Phi) is 4.53. The van der Waals surface area contributed by atoms with Gasteiger partial charge in [0.1, 0.15) is 5.78 Å². The average molecular weight is 329 g/mol. The molecule has 5 heteroatoms. The predicted octanol–water partition coefficient (Wildman–Crippen LogP) is 4.53. The van der Waals surface area contributed by atoms with Crippen LogP contribution in [0.4, 0.5) is 0 Å². The number of nitrogens with two attached hydrogens (primary N) is 1. The van der Waals surface area contributed by atoms with Gasteiger partial charge < -0.3 is 14.8 Å². The molecule has 2 N–H and O–H groups in total. The molecule has 0 radical (unpaired) electrons. The van der Waals surface area contributed by atoms with Crippen molar-refractivity contribution in [2.75, 3.05) is 0 Å². The largest absolute Gasteiger partial charge is 0.348 e. The first kappa shape index (κ1) is 17.0. The fourth-order valence-electron chi connectivity index (χ4n) is 5.62. The summed E-state index contributed by atoms with van der Waals surface area (Å²) in [6.07, 6.45) is 7.15. The minimum absolute atomic E-state index is 0.0198. The molecule has 0 aliphatic heterocycles. The van der Waals surface area contributed by atoms with Crippen molar-refractivity contribution in [2.45, 2.75) is 84.2 Å². The first-order chi connectivity index (χ1) is 10.2. The van der Waals surface area contributed by atoms with Crippen molar-refractivity contribution in [3.05, 3.63) is 0 Å². The van der Waals surface area contributed by atoms with Crippen LogP contribution in [0.1, 0.15) is 66.2 Å². The second kappa shape index (κ2) is 5.88. The van der Waals surface area contributed by atoms with E-state index >= 15 is 0 Å². The van der Waals surface area contributed by atoms with Crippen LogP contribution in [-0.4, -0.2) is 18.0 Å². The third-order valence-corrected chi connectivity index (χ3v) is 8.43. The van der Waals surface area contributed by atoms with Crippen molar-refractivity contribution >= 4 is 7.60 Å².